The van der Waals surface area contributed by atoms with Crippen LogP contribution in [0.1, 0.15) is 23.2 Å². The zero-order valence-corrected chi connectivity index (χ0v) is 16.4. The minimum atomic E-state index is -0.0458. The third kappa shape index (κ3) is 4.10. The number of anilines is 1. The second kappa shape index (κ2) is 8.16. The van der Waals surface area contributed by atoms with E-state index in [0.717, 1.165) is 24.2 Å². The zero-order chi connectivity index (χ0) is 19.5. The molecule has 1 aliphatic rings. The minimum Gasteiger partial charge on any atom is -0.411 e. The van der Waals surface area contributed by atoms with E-state index in [1.807, 2.05) is 12.1 Å². The molecule has 142 valence electrons. The molecule has 1 fully saturated rings. The lowest BCUT2D eigenvalue weighted by molar-refractivity contribution is -0.117. The van der Waals surface area contributed by atoms with Crippen LogP contribution in [-0.2, 0) is 4.79 Å². The second-order valence-electron chi connectivity index (χ2n) is 6.29. The molecule has 8 heteroatoms. The summed E-state index contributed by atoms with van der Waals surface area (Å²) in [7, 11) is 0. The molecule has 0 N–H and O–H groups in total. The molecular formula is C20H16ClN3O3S. The SMILES string of the molecule is O=C(CSc1nnc(-c2ccc(Cl)cc2)o1)c1ccc(N2CCCC2=O)cc1. The lowest BCUT2D eigenvalue weighted by Gasteiger charge is -2.15. The van der Waals surface area contributed by atoms with Crippen LogP contribution in [0, 0.1) is 0 Å². The quantitative estimate of drug-likeness (QED) is 0.437. The smallest absolute Gasteiger partial charge is 0.277 e. The third-order valence-corrected chi connectivity index (χ3v) is 5.47. The van der Waals surface area contributed by atoms with Crippen molar-refractivity contribution in [3.8, 4) is 11.5 Å². The number of Topliss-reactive ketones (excluding diaryl/α,β-unsaturated/α-hetero) is 1. The highest BCUT2D eigenvalue weighted by Crippen LogP contribution is 2.26. The molecule has 1 aliphatic heterocycles. The zero-order valence-electron chi connectivity index (χ0n) is 14.8. The van der Waals surface area contributed by atoms with Crippen molar-refractivity contribution in [3.63, 3.8) is 0 Å². The van der Waals surface area contributed by atoms with Crippen LogP contribution in [0.15, 0.2) is 58.2 Å². The van der Waals surface area contributed by atoms with Crippen LogP contribution in [0.25, 0.3) is 11.5 Å². The molecule has 3 aromatic rings. The van der Waals surface area contributed by atoms with Crippen molar-refractivity contribution in [2.75, 3.05) is 17.2 Å². The predicted molar refractivity (Wildman–Crippen MR) is 108 cm³/mol. The van der Waals surface area contributed by atoms with Crippen molar-refractivity contribution >= 4 is 40.7 Å². The first kappa shape index (κ1) is 18.7. The van der Waals surface area contributed by atoms with E-state index in [4.69, 9.17) is 16.0 Å². The molecule has 2 heterocycles. The summed E-state index contributed by atoms with van der Waals surface area (Å²) in [6, 6.07) is 14.2. The maximum atomic E-state index is 12.4. The first-order chi connectivity index (χ1) is 13.6. The Labute approximate surface area is 170 Å². The Balaban J connectivity index is 1.36. The molecule has 6 nitrogen and oxygen atoms in total. The Morgan fingerprint density at radius 1 is 1.11 bits per heavy atom. The van der Waals surface area contributed by atoms with Gasteiger partial charge in [-0.2, -0.15) is 0 Å². The second-order valence-corrected chi connectivity index (χ2v) is 7.65. The number of hydrogen-bond acceptors (Lipinski definition) is 6. The van der Waals surface area contributed by atoms with Gasteiger partial charge in [-0.25, -0.2) is 0 Å². The molecule has 2 aromatic carbocycles. The van der Waals surface area contributed by atoms with Gasteiger partial charge in [-0.15, -0.1) is 10.2 Å². The van der Waals surface area contributed by atoms with E-state index in [1.54, 1.807) is 41.3 Å². The Bertz CT molecular complexity index is 1000. The number of rotatable bonds is 6. The number of thioether (sulfide) groups is 1. The summed E-state index contributed by atoms with van der Waals surface area (Å²) in [6.07, 6.45) is 1.46. The number of aromatic nitrogens is 2. The molecule has 1 aromatic heterocycles. The van der Waals surface area contributed by atoms with Crippen LogP contribution in [0.3, 0.4) is 0 Å². The fourth-order valence-corrected chi connectivity index (χ4v) is 3.72. The Morgan fingerprint density at radius 3 is 2.54 bits per heavy atom. The van der Waals surface area contributed by atoms with E-state index in [0.29, 0.717) is 28.1 Å². The highest BCUT2D eigenvalue weighted by atomic mass is 35.5. The van der Waals surface area contributed by atoms with E-state index < -0.39 is 0 Å². The highest BCUT2D eigenvalue weighted by Gasteiger charge is 2.21. The van der Waals surface area contributed by atoms with E-state index in [1.165, 1.54) is 11.8 Å². The van der Waals surface area contributed by atoms with Crippen LogP contribution in [0.4, 0.5) is 5.69 Å². The Kier molecular flexibility index (Phi) is 5.45. The summed E-state index contributed by atoms with van der Waals surface area (Å²) < 4.78 is 5.60. The minimum absolute atomic E-state index is 0.0458. The van der Waals surface area contributed by atoms with Gasteiger partial charge in [0.1, 0.15) is 0 Å². The number of amides is 1. The molecule has 4 rings (SSSR count). The van der Waals surface area contributed by atoms with Gasteiger partial charge in [0.05, 0.1) is 5.75 Å². The molecule has 28 heavy (non-hydrogen) atoms. The van der Waals surface area contributed by atoms with Gasteiger partial charge in [0.15, 0.2) is 5.78 Å². The van der Waals surface area contributed by atoms with Crippen LogP contribution in [0.2, 0.25) is 5.02 Å². The van der Waals surface area contributed by atoms with E-state index in [2.05, 4.69) is 10.2 Å². The van der Waals surface area contributed by atoms with Crippen molar-refractivity contribution in [2.45, 2.75) is 18.1 Å². The summed E-state index contributed by atoms with van der Waals surface area (Å²) in [5, 5.41) is 8.93. The molecule has 0 spiro atoms. The number of carbonyl (C=O) groups is 2. The summed E-state index contributed by atoms with van der Waals surface area (Å²) >= 11 is 7.06. The van der Waals surface area contributed by atoms with E-state index in [9.17, 15) is 9.59 Å². The average molecular weight is 414 g/mol. The van der Waals surface area contributed by atoms with Crippen molar-refractivity contribution in [2.24, 2.45) is 0 Å². The monoisotopic (exact) mass is 413 g/mol. The van der Waals surface area contributed by atoms with E-state index in [-0.39, 0.29) is 17.4 Å². The largest absolute Gasteiger partial charge is 0.411 e. The van der Waals surface area contributed by atoms with Crippen molar-refractivity contribution < 1.29 is 14.0 Å². The summed E-state index contributed by atoms with van der Waals surface area (Å²) in [5.74, 6) is 0.647. The average Bonchev–Trinajstić information content (AvgIpc) is 3.36. The first-order valence-electron chi connectivity index (χ1n) is 8.76. The van der Waals surface area contributed by atoms with Gasteiger partial charge in [0, 0.05) is 34.8 Å². The van der Waals surface area contributed by atoms with Gasteiger partial charge in [-0.05, 0) is 55.0 Å². The molecule has 1 saturated heterocycles. The van der Waals surface area contributed by atoms with Crippen LogP contribution in [-0.4, -0.2) is 34.2 Å². The van der Waals surface area contributed by atoms with E-state index >= 15 is 0 Å². The maximum absolute atomic E-state index is 12.4. The Morgan fingerprint density at radius 2 is 1.86 bits per heavy atom. The van der Waals surface area contributed by atoms with Crippen LogP contribution >= 0.6 is 23.4 Å². The van der Waals surface area contributed by atoms with Gasteiger partial charge < -0.3 is 9.32 Å². The number of benzene rings is 2. The fraction of sp³-hybridized carbons (Fsp3) is 0.200. The molecule has 0 unspecified atom stereocenters. The number of nitrogens with zero attached hydrogens (tertiary/aromatic N) is 3. The van der Waals surface area contributed by atoms with Crippen molar-refractivity contribution in [1.29, 1.82) is 0 Å². The molecule has 0 bridgehead atoms. The fourth-order valence-electron chi connectivity index (χ4n) is 2.94. The molecule has 0 aliphatic carbocycles. The summed E-state index contributed by atoms with van der Waals surface area (Å²) in [5.41, 5.74) is 2.18. The number of carbonyl (C=O) groups excluding carboxylic acids is 2. The van der Waals surface area contributed by atoms with Gasteiger partial charge in [-0.1, -0.05) is 23.4 Å². The van der Waals surface area contributed by atoms with Gasteiger partial charge in [-0.3, -0.25) is 9.59 Å². The number of halogens is 1. The molecule has 1 amide bonds. The maximum Gasteiger partial charge on any atom is 0.277 e. The third-order valence-electron chi connectivity index (χ3n) is 4.40. The predicted octanol–water partition coefficient (Wildman–Crippen LogP) is 4.49. The van der Waals surface area contributed by atoms with Crippen molar-refractivity contribution in [3.05, 3.63) is 59.1 Å². The van der Waals surface area contributed by atoms with Crippen LogP contribution < -0.4 is 4.90 Å². The molecule has 0 atom stereocenters. The topological polar surface area (TPSA) is 76.3 Å². The van der Waals surface area contributed by atoms with Gasteiger partial charge in [0.25, 0.3) is 5.22 Å². The lowest BCUT2D eigenvalue weighted by atomic mass is 10.1. The number of hydrogen-bond donors (Lipinski definition) is 0. The number of ketones is 1. The van der Waals surface area contributed by atoms with Crippen LogP contribution in [0.5, 0.6) is 0 Å². The Hall–Kier alpha value is -2.64. The standard InChI is InChI=1S/C20H16ClN3O3S/c21-15-7-3-14(4-8-15)19-22-23-20(27-19)28-12-17(25)13-5-9-16(10-6-13)24-11-1-2-18(24)26/h3-10H,1-2,11-12H2. The van der Waals surface area contributed by atoms with Gasteiger partial charge >= 0.3 is 0 Å². The molecule has 0 radical (unpaired) electrons. The first-order valence-corrected chi connectivity index (χ1v) is 10.1. The van der Waals surface area contributed by atoms with Gasteiger partial charge in [0.2, 0.25) is 11.8 Å². The molecular weight excluding hydrogens is 398 g/mol. The normalized spacial score (nSPS) is 13.9. The summed E-state index contributed by atoms with van der Waals surface area (Å²) in [4.78, 5) is 26.0. The van der Waals surface area contributed by atoms with Crippen molar-refractivity contribution in [1.82, 2.24) is 10.2 Å². The lowest BCUT2D eigenvalue weighted by Crippen LogP contribution is -2.23. The molecule has 0 saturated carbocycles. The highest BCUT2D eigenvalue weighted by molar-refractivity contribution is 7.99. The summed E-state index contributed by atoms with van der Waals surface area (Å²) in [6.45, 7) is 0.731.